The zero-order valence-electron chi connectivity index (χ0n) is 17.4. The molecule has 3 atom stereocenters. The van der Waals surface area contributed by atoms with Crippen LogP contribution in [0.3, 0.4) is 0 Å². The van der Waals surface area contributed by atoms with Crippen molar-refractivity contribution >= 4 is 16.7 Å². The third-order valence-corrected chi connectivity index (χ3v) is 8.06. The van der Waals surface area contributed by atoms with Crippen molar-refractivity contribution in [1.82, 2.24) is 10.1 Å². The van der Waals surface area contributed by atoms with Crippen LogP contribution in [0.5, 0.6) is 0 Å². The molecule has 2 aromatic carbocycles. The molecule has 1 aromatic heterocycles. The number of fused-ring (bicyclic) bond motifs is 4. The lowest BCUT2D eigenvalue weighted by Crippen LogP contribution is -2.45. The van der Waals surface area contributed by atoms with Gasteiger partial charge in [-0.1, -0.05) is 36.3 Å². The Balaban J connectivity index is 1.25. The predicted molar refractivity (Wildman–Crippen MR) is 117 cm³/mol. The van der Waals surface area contributed by atoms with Gasteiger partial charge in [-0.3, -0.25) is 0 Å². The monoisotopic (exact) mass is 387 g/mol. The van der Waals surface area contributed by atoms with Crippen LogP contribution in [0.4, 0.5) is 5.69 Å². The van der Waals surface area contributed by atoms with Crippen molar-refractivity contribution in [2.75, 3.05) is 38.1 Å². The number of hydrogen-bond acceptors (Lipinski definition) is 4. The molecular formula is C25H29N3O. The van der Waals surface area contributed by atoms with E-state index in [1.807, 2.05) is 12.1 Å². The first-order valence-electron chi connectivity index (χ1n) is 11.1. The average molecular weight is 388 g/mol. The molecule has 0 bridgehead atoms. The molecule has 150 valence electrons. The molecular weight excluding hydrogens is 358 g/mol. The second-order valence-corrected chi connectivity index (χ2v) is 9.51. The van der Waals surface area contributed by atoms with E-state index in [9.17, 15) is 0 Å². The van der Waals surface area contributed by atoms with Crippen molar-refractivity contribution in [1.29, 1.82) is 0 Å². The summed E-state index contributed by atoms with van der Waals surface area (Å²) in [6.07, 6.45) is 3.56. The molecule has 0 spiro atoms. The minimum absolute atomic E-state index is 0.359. The third kappa shape index (κ3) is 2.51. The van der Waals surface area contributed by atoms with Crippen molar-refractivity contribution in [2.24, 2.45) is 5.92 Å². The summed E-state index contributed by atoms with van der Waals surface area (Å²) in [4.78, 5) is 5.12. The van der Waals surface area contributed by atoms with E-state index < -0.39 is 0 Å². The standard InChI is InChI=1S/C25H29N3O/c1-25-12-15-27(2)22-8-5-7-17(24(22)25)19-16-28(13-10-20(19)25)14-11-21-18-6-3-4-9-23(18)29-26-21/h3-9,19-20H,10-16H2,1-2H3/t19-,20-,25?/m0/s1. The molecule has 0 amide bonds. The maximum atomic E-state index is 5.50. The van der Waals surface area contributed by atoms with Gasteiger partial charge in [0.25, 0.3) is 0 Å². The van der Waals surface area contributed by atoms with E-state index in [0.29, 0.717) is 11.3 Å². The summed E-state index contributed by atoms with van der Waals surface area (Å²) >= 11 is 0. The topological polar surface area (TPSA) is 32.5 Å². The van der Waals surface area contributed by atoms with Crippen LogP contribution in [-0.4, -0.2) is 43.3 Å². The van der Waals surface area contributed by atoms with Crippen LogP contribution in [-0.2, 0) is 11.8 Å². The van der Waals surface area contributed by atoms with Crippen LogP contribution in [0.25, 0.3) is 11.0 Å². The molecule has 0 N–H and O–H groups in total. The number of hydrogen-bond donors (Lipinski definition) is 0. The number of para-hydroxylation sites is 1. The summed E-state index contributed by atoms with van der Waals surface area (Å²) in [6.45, 7) is 7.16. The number of benzene rings is 2. The number of rotatable bonds is 3. The molecule has 1 saturated heterocycles. The highest BCUT2D eigenvalue weighted by Crippen LogP contribution is 2.59. The number of anilines is 1. The number of nitrogens with zero attached hydrogens (tertiary/aromatic N) is 3. The quantitative estimate of drug-likeness (QED) is 0.658. The third-order valence-electron chi connectivity index (χ3n) is 8.06. The highest BCUT2D eigenvalue weighted by atomic mass is 16.5. The molecule has 0 radical (unpaired) electrons. The van der Waals surface area contributed by atoms with E-state index in [0.717, 1.165) is 30.2 Å². The van der Waals surface area contributed by atoms with Crippen LogP contribution < -0.4 is 4.90 Å². The number of likely N-dealkylation sites (tertiary alicyclic amines) is 1. The Hall–Kier alpha value is -2.33. The Labute approximate surface area is 172 Å². The SMILES string of the molecule is CN1CCC2(C)c3c(cccc31)[C@@H]1CN(CCc3noc4ccccc34)CC[C@@H]12. The number of aromatic nitrogens is 1. The summed E-state index contributed by atoms with van der Waals surface area (Å²) in [5.41, 5.74) is 7.12. The van der Waals surface area contributed by atoms with Gasteiger partial charge in [-0.2, -0.15) is 0 Å². The highest BCUT2D eigenvalue weighted by molar-refractivity contribution is 5.79. The predicted octanol–water partition coefficient (Wildman–Crippen LogP) is 4.59. The van der Waals surface area contributed by atoms with Gasteiger partial charge in [0, 0.05) is 50.1 Å². The van der Waals surface area contributed by atoms with Gasteiger partial charge in [-0.15, -0.1) is 0 Å². The first kappa shape index (κ1) is 17.5. The lowest BCUT2D eigenvalue weighted by molar-refractivity contribution is 0.122. The number of piperidine rings is 1. The van der Waals surface area contributed by atoms with Gasteiger partial charge in [0.05, 0.1) is 5.69 Å². The van der Waals surface area contributed by atoms with Crippen LogP contribution in [0.1, 0.15) is 42.5 Å². The Bertz CT molecular complexity index is 1070. The molecule has 4 nitrogen and oxygen atoms in total. The van der Waals surface area contributed by atoms with E-state index in [2.05, 4.69) is 59.3 Å². The lowest BCUT2D eigenvalue weighted by atomic mass is 9.67. The van der Waals surface area contributed by atoms with Crippen LogP contribution >= 0.6 is 0 Å². The van der Waals surface area contributed by atoms with Crippen molar-refractivity contribution in [3.8, 4) is 0 Å². The maximum absolute atomic E-state index is 5.50. The summed E-state index contributed by atoms with van der Waals surface area (Å²) in [6, 6.07) is 15.2. The second-order valence-electron chi connectivity index (χ2n) is 9.51. The Kier molecular flexibility index (Phi) is 3.83. The molecule has 3 aromatic rings. The fraction of sp³-hybridized carbons (Fsp3) is 0.480. The largest absolute Gasteiger partial charge is 0.374 e. The summed E-state index contributed by atoms with van der Waals surface area (Å²) < 4.78 is 5.50. The Morgan fingerprint density at radius 1 is 1.14 bits per heavy atom. The zero-order chi connectivity index (χ0) is 19.6. The van der Waals surface area contributed by atoms with Gasteiger partial charge in [0.1, 0.15) is 0 Å². The summed E-state index contributed by atoms with van der Waals surface area (Å²) in [5.74, 6) is 1.46. The van der Waals surface area contributed by atoms with Crippen molar-refractivity contribution < 1.29 is 4.52 Å². The maximum Gasteiger partial charge on any atom is 0.167 e. The molecule has 1 unspecified atom stereocenters. The Morgan fingerprint density at radius 3 is 2.97 bits per heavy atom. The first-order valence-corrected chi connectivity index (χ1v) is 11.1. The van der Waals surface area contributed by atoms with E-state index in [-0.39, 0.29) is 0 Å². The van der Waals surface area contributed by atoms with Crippen molar-refractivity contribution in [2.45, 2.75) is 37.5 Å². The molecule has 0 saturated carbocycles. The summed E-state index contributed by atoms with van der Waals surface area (Å²) in [7, 11) is 2.26. The lowest BCUT2D eigenvalue weighted by Gasteiger charge is -2.45. The molecule has 1 fully saturated rings. The van der Waals surface area contributed by atoms with Gasteiger partial charge in [0.2, 0.25) is 0 Å². The first-order chi connectivity index (χ1) is 14.1. The van der Waals surface area contributed by atoms with Crippen molar-refractivity contribution in [3.63, 3.8) is 0 Å². The van der Waals surface area contributed by atoms with E-state index in [1.165, 1.54) is 43.5 Å². The minimum atomic E-state index is 0.359. The van der Waals surface area contributed by atoms with Crippen molar-refractivity contribution in [3.05, 3.63) is 59.3 Å². The zero-order valence-corrected chi connectivity index (χ0v) is 17.4. The molecule has 3 heterocycles. The normalized spacial score (nSPS) is 28.6. The second kappa shape index (κ2) is 6.33. The molecule has 2 aliphatic heterocycles. The van der Waals surface area contributed by atoms with Crippen LogP contribution in [0, 0.1) is 5.92 Å². The van der Waals surface area contributed by atoms with Gasteiger partial charge in [0.15, 0.2) is 5.58 Å². The fourth-order valence-electron chi connectivity index (χ4n) is 6.51. The average Bonchev–Trinajstić information content (AvgIpc) is 3.28. The summed E-state index contributed by atoms with van der Waals surface area (Å²) in [5, 5.41) is 5.51. The Morgan fingerprint density at radius 2 is 2.03 bits per heavy atom. The minimum Gasteiger partial charge on any atom is -0.374 e. The smallest absolute Gasteiger partial charge is 0.167 e. The molecule has 6 rings (SSSR count). The van der Waals surface area contributed by atoms with Gasteiger partial charge >= 0.3 is 0 Å². The fourth-order valence-corrected chi connectivity index (χ4v) is 6.51. The molecule has 29 heavy (non-hydrogen) atoms. The van der Waals surface area contributed by atoms with Crippen LogP contribution in [0.15, 0.2) is 47.0 Å². The van der Waals surface area contributed by atoms with E-state index in [4.69, 9.17) is 4.52 Å². The van der Waals surface area contributed by atoms with E-state index >= 15 is 0 Å². The van der Waals surface area contributed by atoms with Crippen LogP contribution in [0.2, 0.25) is 0 Å². The molecule has 4 heteroatoms. The molecule has 1 aliphatic carbocycles. The van der Waals surface area contributed by atoms with Gasteiger partial charge in [-0.05, 0) is 60.0 Å². The van der Waals surface area contributed by atoms with Gasteiger partial charge in [-0.25, -0.2) is 0 Å². The van der Waals surface area contributed by atoms with Gasteiger partial charge < -0.3 is 14.3 Å². The molecule has 3 aliphatic rings. The highest BCUT2D eigenvalue weighted by Gasteiger charge is 2.53. The van der Waals surface area contributed by atoms with E-state index in [1.54, 1.807) is 11.1 Å².